The van der Waals surface area contributed by atoms with Crippen molar-refractivity contribution in [3.63, 3.8) is 0 Å². The van der Waals surface area contributed by atoms with Crippen molar-refractivity contribution in [2.45, 2.75) is 24.3 Å². The van der Waals surface area contributed by atoms with Gasteiger partial charge in [-0.3, -0.25) is 0 Å². The average Bonchev–Trinajstić information content (AvgIpc) is 3.33. The highest BCUT2D eigenvalue weighted by molar-refractivity contribution is 8.03. The Morgan fingerprint density at radius 2 is 1.37 bits per heavy atom. The van der Waals surface area contributed by atoms with E-state index >= 15 is 0 Å². The van der Waals surface area contributed by atoms with Gasteiger partial charge in [0.1, 0.15) is 6.54 Å². The molecule has 0 unspecified atom stereocenters. The number of benzene rings is 2. The molecule has 0 aliphatic carbocycles. The second-order valence-electron chi connectivity index (χ2n) is 9.97. The molecule has 8 N–H and O–H groups in total. The van der Waals surface area contributed by atoms with Gasteiger partial charge < -0.3 is 37.6 Å². The lowest BCUT2D eigenvalue weighted by Gasteiger charge is -2.21. The molecule has 1 aliphatic heterocycles. The van der Waals surface area contributed by atoms with Crippen molar-refractivity contribution in [1.29, 1.82) is 0 Å². The molecular formula is C31H48ClN8S+. The minimum absolute atomic E-state index is 0. The van der Waals surface area contributed by atoms with Gasteiger partial charge in [-0.1, -0.05) is 36.0 Å². The molecule has 1 aromatic heterocycles. The van der Waals surface area contributed by atoms with Crippen LogP contribution in [0.3, 0.4) is 0 Å². The van der Waals surface area contributed by atoms with Crippen molar-refractivity contribution >= 4 is 46.8 Å². The highest BCUT2D eigenvalue weighted by Gasteiger charge is 2.25. The lowest BCUT2D eigenvalue weighted by molar-refractivity contribution is -0.671. The lowest BCUT2D eigenvalue weighted by Crippen LogP contribution is -2.37. The molecule has 41 heavy (non-hydrogen) atoms. The number of hydrogen-bond donors (Lipinski definition) is 6. The molecule has 0 fully saturated rings. The van der Waals surface area contributed by atoms with Gasteiger partial charge in [-0.05, 0) is 42.8 Å². The number of nitrogens with zero attached hydrogens (tertiary/aromatic N) is 2. The second-order valence-corrected chi connectivity index (χ2v) is 11.0. The Morgan fingerprint density at radius 1 is 0.732 bits per heavy atom. The maximum Gasteiger partial charge on any atom is 0.213 e. The van der Waals surface area contributed by atoms with Gasteiger partial charge in [0.05, 0.1) is 16.1 Å². The maximum atomic E-state index is 5.55. The monoisotopic (exact) mass is 599 g/mol. The fourth-order valence-corrected chi connectivity index (χ4v) is 6.09. The zero-order valence-corrected chi connectivity index (χ0v) is 25.7. The van der Waals surface area contributed by atoms with E-state index in [9.17, 15) is 0 Å². The summed E-state index contributed by atoms with van der Waals surface area (Å²) in [5, 5.41) is 16.3. The molecule has 0 atom stereocenters. The van der Waals surface area contributed by atoms with E-state index in [-0.39, 0.29) is 12.4 Å². The van der Waals surface area contributed by atoms with Gasteiger partial charge in [0.25, 0.3) is 0 Å². The summed E-state index contributed by atoms with van der Waals surface area (Å²) in [5.41, 5.74) is 14.9. The Kier molecular flexibility index (Phi) is 15.5. The SMILES string of the molecule is Cl.NCCNCCNCCCN1/C(=C/c2cc[n+](CCCNCCNCCN)c3ccccc23)Sc2ccccc21. The third-order valence-corrected chi connectivity index (χ3v) is 8.07. The van der Waals surface area contributed by atoms with Crippen LogP contribution in [0.25, 0.3) is 17.0 Å². The topological polar surface area (TPSA) is 107 Å². The van der Waals surface area contributed by atoms with Crippen LogP contribution in [0.5, 0.6) is 0 Å². The first-order valence-corrected chi connectivity index (χ1v) is 15.5. The number of thioether (sulfide) groups is 1. The fourth-order valence-electron chi connectivity index (χ4n) is 4.95. The fraction of sp³-hybridized carbons (Fsp3) is 0.452. The summed E-state index contributed by atoms with van der Waals surface area (Å²) in [6.45, 7) is 10.9. The summed E-state index contributed by atoms with van der Waals surface area (Å²) in [6.07, 6.45) is 6.78. The Hall–Kier alpha value is -2.21. The molecule has 0 saturated carbocycles. The average molecular weight is 600 g/mol. The standard InChI is InChI=1S/C31H47N8S.ClH/c32-12-16-36-20-18-34-14-5-22-38-24-11-26(27-7-1-2-8-28(27)38)25-31-39(29-9-3-4-10-30(29)40-31)23-6-15-35-19-21-37-17-13-33;/h1-4,7-11,24-25,34-37H,5-6,12-23,32-33H2;1H/q+1;. The van der Waals surface area contributed by atoms with Gasteiger partial charge in [0, 0.05) is 88.9 Å². The molecule has 10 heteroatoms. The molecule has 0 radical (unpaired) electrons. The number of aryl methyl sites for hydroxylation is 1. The summed E-state index contributed by atoms with van der Waals surface area (Å²) in [4.78, 5) is 3.81. The highest BCUT2D eigenvalue weighted by Crippen LogP contribution is 2.46. The molecular weight excluding hydrogens is 552 g/mol. The van der Waals surface area contributed by atoms with E-state index in [2.05, 4.69) is 97.6 Å². The molecule has 3 aromatic rings. The van der Waals surface area contributed by atoms with E-state index in [1.165, 1.54) is 32.1 Å². The number of hydrogen-bond acceptors (Lipinski definition) is 8. The summed E-state index contributed by atoms with van der Waals surface area (Å²) in [7, 11) is 0. The van der Waals surface area contributed by atoms with Gasteiger partial charge in [0.2, 0.25) is 5.52 Å². The van der Waals surface area contributed by atoms with E-state index in [4.69, 9.17) is 11.5 Å². The number of nitrogens with two attached hydrogens (primary N) is 2. The second kappa shape index (κ2) is 19.1. The number of fused-ring (bicyclic) bond motifs is 2. The van der Waals surface area contributed by atoms with E-state index in [1.54, 1.807) is 0 Å². The number of aromatic nitrogens is 1. The third kappa shape index (κ3) is 10.2. The Morgan fingerprint density at radius 3 is 2.10 bits per heavy atom. The number of rotatable bonds is 19. The quantitative estimate of drug-likeness (QED) is 0.0922. The first-order valence-electron chi connectivity index (χ1n) is 14.7. The molecule has 8 nitrogen and oxygen atoms in total. The molecule has 4 rings (SSSR count). The van der Waals surface area contributed by atoms with Gasteiger partial charge in [0.15, 0.2) is 6.20 Å². The van der Waals surface area contributed by atoms with Crippen molar-refractivity contribution < 1.29 is 4.57 Å². The molecule has 0 saturated heterocycles. The number of para-hydroxylation sites is 2. The summed E-state index contributed by atoms with van der Waals surface area (Å²) < 4.78 is 2.38. The molecule has 2 aromatic carbocycles. The number of anilines is 1. The first kappa shape index (κ1) is 33.3. The number of halogens is 1. The Labute approximate surface area is 256 Å². The molecule has 1 aliphatic rings. The van der Waals surface area contributed by atoms with Crippen molar-refractivity contribution in [3.8, 4) is 0 Å². The zero-order valence-electron chi connectivity index (χ0n) is 24.1. The predicted molar refractivity (Wildman–Crippen MR) is 178 cm³/mol. The first-order chi connectivity index (χ1) is 19.8. The van der Waals surface area contributed by atoms with Gasteiger partial charge in [-0.15, -0.1) is 12.4 Å². The van der Waals surface area contributed by atoms with E-state index in [0.29, 0.717) is 13.1 Å². The van der Waals surface area contributed by atoms with Crippen LogP contribution in [0, 0.1) is 0 Å². The molecule has 0 spiro atoms. The Balaban J connectivity index is 0.00000462. The largest absolute Gasteiger partial charge is 0.335 e. The van der Waals surface area contributed by atoms with Crippen molar-refractivity contribution in [2.24, 2.45) is 11.5 Å². The van der Waals surface area contributed by atoms with Crippen LogP contribution in [-0.2, 0) is 6.54 Å². The van der Waals surface area contributed by atoms with Crippen LogP contribution >= 0.6 is 24.2 Å². The van der Waals surface area contributed by atoms with Crippen LogP contribution in [0.15, 0.2) is 70.7 Å². The van der Waals surface area contributed by atoms with Crippen LogP contribution in [0.2, 0.25) is 0 Å². The van der Waals surface area contributed by atoms with Crippen LogP contribution in [0.1, 0.15) is 18.4 Å². The lowest BCUT2D eigenvalue weighted by atomic mass is 10.1. The van der Waals surface area contributed by atoms with Gasteiger partial charge in [-0.25, -0.2) is 0 Å². The van der Waals surface area contributed by atoms with E-state index in [1.807, 2.05) is 11.8 Å². The van der Waals surface area contributed by atoms with Crippen LogP contribution in [0.4, 0.5) is 5.69 Å². The van der Waals surface area contributed by atoms with Crippen LogP contribution in [-0.4, -0.2) is 72.0 Å². The summed E-state index contributed by atoms with van der Waals surface area (Å²) >= 11 is 1.87. The minimum atomic E-state index is 0. The zero-order chi connectivity index (χ0) is 27.8. The van der Waals surface area contributed by atoms with E-state index in [0.717, 1.165) is 78.3 Å². The molecule has 224 valence electrons. The predicted octanol–water partition coefficient (Wildman–Crippen LogP) is 2.52. The smallest absolute Gasteiger partial charge is 0.213 e. The highest BCUT2D eigenvalue weighted by atomic mass is 35.5. The normalized spacial score (nSPS) is 13.6. The molecule has 0 bridgehead atoms. The van der Waals surface area contributed by atoms with Crippen molar-refractivity contribution in [2.75, 3.05) is 76.9 Å². The van der Waals surface area contributed by atoms with Crippen LogP contribution < -0.4 is 42.2 Å². The maximum absolute atomic E-state index is 5.55. The van der Waals surface area contributed by atoms with Gasteiger partial charge in [-0.2, -0.15) is 4.57 Å². The number of nitrogens with one attached hydrogen (secondary N) is 4. The molecule has 0 amide bonds. The summed E-state index contributed by atoms with van der Waals surface area (Å²) in [5.74, 6) is 0. The van der Waals surface area contributed by atoms with Gasteiger partial charge >= 0.3 is 0 Å². The Bertz CT molecular complexity index is 1210. The summed E-state index contributed by atoms with van der Waals surface area (Å²) in [6, 6.07) is 19.8. The van der Waals surface area contributed by atoms with Crippen molar-refractivity contribution in [1.82, 2.24) is 21.3 Å². The third-order valence-electron chi connectivity index (χ3n) is 6.96. The van der Waals surface area contributed by atoms with Crippen molar-refractivity contribution in [3.05, 3.63) is 71.4 Å². The molecule has 2 heterocycles. The number of pyridine rings is 1. The minimum Gasteiger partial charge on any atom is -0.335 e. The van der Waals surface area contributed by atoms with E-state index < -0.39 is 0 Å².